The molecule has 0 spiro atoms. The minimum absolute atomic E-state index is 0.316. The van der Waals surface area contributed by atoms with Crippen molar-refractivity contribution in [3.05, 3.63) is 23.8 Å². The molecule has 0 bridgehead atoms. The lowest BCUT2D eigenvalue weighted by Crippen LogP contribution is -2.18. The third-order valence-electron chi connectivity index (χ3n) is 2.36. The molecule has 1 N–H and O–H groups in total. The molecule has 1 unspecified atom stereocenters. The highest BCUT2D eigenvalue weighted by molar-refractivity contribution is 7.22. The Morgan fingerprint density at radius 2 is 2.35 bits per heavy atom. The quantitative estimate of drug-likeness (QED) is 0.884. The summed E-state index contributed by atoms with van der Waals surface area (Å²) in [5.74, 6) is -0.980. The Morgan fingerprint density at radius 3 is 3.06 bits per heavy atom. The Bertz CT molecular complexity index is 612. The number of hydrogen-bond donors (Lipinski definition) is 1. The molecule has 17 heavy (non-hydrogen) atoms. The maximum absolute atomic E-state index is 11.5. The predicted molar refractivity (Wildman–Crippen MR) is 67.8 cm³/mol. The van der Waals surface area contributed by atoms with Crippen LogP contribution in [0.15, 0.2) is 18.2 Å². The van der Waals surface area contributed by atoms with Crippen LogP contribution in [0.5, 0.6) is 0 Å². The second-order valence-electron chi connectivity index (χ2n) is 3.83. The molecule has 0 fully saturated rings. The van der Waals surface area contributed by atoms with E-state index in [1.165, 1.54) is 11.3 Å². The largest absolute Gasteiger partial charge is 0.301 e. The van der Waals surface area contributed by atoms with Gasteiger partial charge in [0.1, 0.15) is 5.92 Å². The van der Waals surface area contributed by atoms with Crippen LogP contribution in [-0.2, 0) is 4.79 Å². The van der Waals surface area contributed by atoms with Gasteiger partial charge in [0.15, 0.2) is 5.13 Å². The number of carbonyl (C=O) groups excluding carboxylic acids is 1. The number of hydrogen-bond acceptors (Lipinski definition) is 4. The number of anilines is 1. The molecule has 2 aromatic rings. The fourth-order valence-electron chi connectivity index (χ4n) is 1.36. The molecule has 4 nitrogen and oxygen atoms in total. The number of benzene rings is 1. The molecule has 1 amide bonds. The molecule has 86 valence electrons. The van der Waals surface area contributed by atoms with E-state index in [0.717, 1.165) is 15.8 Å². The van der Waals surface area contributed by atoms with Gasteiger partial charge in [-0.15, -0.1) is 0 Å². The number of aromatic nitrogens is 1. The second-order valence-corrected chi connectivity index (χ2v) is 4.86. The summed E-state index contributed by atoms with van der Waals surface area (Å²) in [6.45, 7) is 3.57. The first-order valence-electron chi connectivity index (χ1n) is 5.18. The smallest absolute Gasteiger partial charge is 0.243 e. The summed E-state index contributed by atoms with van der Waals surface area (Å²) in [5.41, 5.74) is 2.02. The molecule has 1 heterocycles. The minimum atomic E-state index is -0.663. The first-order chi connectivity index (χ1) is 8.10. The van der Waals surface area contributed by atoms with Crippen molar-refractivity contribution in [1.29, 1.82) is 5.26 Å². The summed E-state index contributed by atoms with van der Waals surface area (Å²) in [7, 11) is 0. The predicted octanol–water partition coefficient (Wildman–Crippen LogP) is 2.70. The number of aryl methyl sites for hydroxylation is 1. The number of nitriles is 1. The molecule has 1 aromatic carbocycles. The summed E-state index contributed by atoms with van der Waals surface area (Å²) in [5, 5.41) is 11.8. The molecule has 0 aliphatic carbocycles. The van der Waals surface area contributed by atoms with E-state index in [1.54, 1.807) is 6.92 Å². The number of rotatable bonds is 2. The lowest BCUT2D eigenvalue weighted by molar-refractivity contribution is -0.117. The van der Waals surface area contributed by atoms with Crippen molar-refractivity contribution < 1.29 is 4.79 Å². The molecule has 1 aromatic heterocycles. The van der Waals surface area contributed by atoms with Crippen molar-refractivity contribution in [2.45, 2.75) is 13.8 Å². The van der Waals surface area contributed by atoms with Gasteiger partial charge >= 0.3 is 0 Å². The maximum Gasteiger partial charge on any atom is 0.243 e. The molecule has 0 saturated carbocycles. The van der Waals surface area contributed by atoms with Crippen molar-refractivity contribution >= 4 is 32.6 Å². The van der Waals surface area contributed by atoms with E-state index in [4.69, 9.17) is 5.26 Å². The summed E-state index contributed by atoms with van der Waals surface area (Å²) < 4.78 is 1.03. The number of nitrogens with one attached hydrogen (secondary N) is 1. The van der Waals surface area contributed by atoms with Gasteiger partial charge in [0.2, 0.25) is 5.91 Å². The number of fused-ring (bicyclic) bond motifs is 1. The van der Waals surface area contributed by atoms with Crippen LogP contribution in [0.3, 0.4) is 0 Å². The Kier molecular flexibility index (Phi) is 3.07. The summed E-state index contributed by atoms with van der Waals surface area (Å²) in [6.07, 6.45) is 0. The summed E-state index contributed by atoms with van der Waals surface area (Å²) >= 11 is 1.42. The van der Waals surface area contributed by atoms with Gasteiger partial charge < -0.3 is 5.32 Å². The van der Waals surface area contributed by atoms with Crippen LogP contribution in [0.2, 0.25) is 0 Å². The topological polar surface area (TPSA) is 65.8 Å². The van der Waals surface area contributed by atoms with Crippen molar-refractivity contribution in [3.8, 4) is 6.07 Å². The van der Waals surface area contributed by atoms with Crippen LogP contribution in [-0.4, -0.2) is 10.9 Å². The SMILES string of the molecule is Cc1ccc2nc(NC(=O)C(C)C#N)sc2c1. The minimum Gasteiger partial charge on any atom is -0.301 e. The average Bonchev–Trinajstić information content (AvgIpc) is 2.69. The zero-order valence-electron chi connectivity index (χ0n) is 9.52. The van der Waals surface area contributed by atoms with Gasteiger partial charge in [0.05, 0.1) is 16.3 Å². The van der Waals surface area contributed by atoms with Gasteiger partial charge in [-0.3, -0.25) is 4.79 Å². The molecular formula is C12H11N3OS. The van der Waals surface area contributed by atoms with E-state index < -0.39 is 5.92 Å². The van der Waals surface area contributed by atoms with Gasteiger partial charge in [0, 0.05) is 0 Å². The zero-order valence-corrected chi connectivity index (χ0v) is 10.3. The summed E-state index contributed by atoms with van der Waals surface area (Å²) in [6, 6.07) is 7.82. The third kappa shape index (κ3) is 2.43. The van der Waals surface area contributed by atoms with Crippen molar-refractivity contribution in [2.75, 3.05) is 5.32 Å². The number of amides is 1. The molecule has 5 heteroatoms. The average molecular weight is 245 g/mol. The lowest BCUT2D eigenvalue weighted by Gasteiger charge is -2.00. The first kappa shape index (κ1) is 11.6. The fourth-order valence-corrected chi connectivity index (χ4v) is 2.32. The van der Waals surface area contributed by atoms with Crippen LogP contribution >= 0.6 is 11.3 Å². The van der Waals surface area contributed by atoms with Gasteiger partial charge in [-0.05, 0) is 31.5 Å². The standard InChI is InChI=1S/C12H11N3OS/c1-7-3-4-9-10(5-7)17-12(14-9)15-11(16)8(2)6-13/h3-5,8H,1-2H3,(H,14,15,16). The van der Waals surface area contributed by atoms with E-state index in [-0.39, 0.29) is 5.91 Å². The Hall–Kier alpha value is -1.93. The highest BCUT2D eigenvalue weighted by Gasteiger charge is 2.13. The lowest BCUT2D eigenvalue weighted by atomic mass is 10.2. The Labute approximate surface area is 103 Å². The number of carbonyl (C=O) groups is 1. The van der Waals surface area contributed by atoms with Crippen LogP contribution < -0.4 is 5.32 Å². The zero-order chi connectivity index (χ0) is 12.4. The molecule has 0 aliphatic rings. The number of nitrogens with zero attached hydrogens (tertiary/aromatic N) is 2. The highest BCUT2D eigenvalue weighted by atomic mass is 32.1. The normalized spacial score (nSPS) is 12.1. The molecular weight excluding hydrogens is 234 g/mol. The highest BCUT2D eigenvalue weighted by Crippen LogP contribution is 2.26. The first-order valence-corrected chi connectivity index (χ1v) is 5.99. The molecule has 0 aliphatic heterocycles. The second kappa shape index (κ2) is 4.52. The van der Waals surface area contributed by atoms with Crippen molar-refractivity contribution in [2.24, 2.45) is 5.92 Å². The van der Waals surface area contributed by atoms with Gasteiger partial charge in [-0.2, -0.15) is 5.26 Å². The molecule has 0 saturated heterocycles. The van der Waals surface area contributed by atoms with Crippen LogP contribution in [0.1, 0.15) is 12.5 Å². The molecule has 2 rings (SSSR count). The van der Waals surface area contributed by atoms with Gasteiger partial charge in [0.25, 0.3) is 0 Å². The Morgan fingerprint density at radius 1 is 1.59 bits per heavy atom. The molecule has 1 atom stereocenters. The monoisotopic (exact) mass is 245 g/mol. The van der Waals surface area contributed by atoms with Crippen LogP contribution in [0.25, 0.3) is 10.2 Å². The van der Waals surface area contributed by atoms with Crippen molar-refractivity contribution in [1.82, 2.24) is 4.98 Å². The van der Waals surface area contributed by atoms with E-state index in [9.17, 15) is 4.79 Å². The van der Waals surface area contributed by atoms with Gasteiger partial charge in [-0.1, -0.05) is 17.4 Å². The van der Waals surface area contributed by atoms with Gasteiger partial charge in [-0.25, -0.2) is 4.98 Å². The molecule has 0 radical (unpaired) electrons. The van der Waals surface area contributed by atoms with E-state index in [0.29, 0.717) is 5.13 Å². The van der Waals surface area contributed by atoms with E-state index >= 15 is 0 Å². The summed E-state index contributed by atoms with van der Waals surface area (Å²) in [4.78, 5) is 15.8. The van der Waals surface area contributed by atoms with E-state index in [1.807, 2.05) is 31.2 Å². The van der Waals surface area contributed by atoms with Crippen LogP contribution in [0, 0.1) is 24.2 Å². The Balaban J connectivity index is 2.26. The number of thiazole rings is 1. The van der Waals surface area contributed by atoms with Crippen molar-refractivity contribution in [3.63, 3.8) is 0 Å². The van der Waals surface area contributed by atoms with Crippen LogP contribution in [0.4, 0.5) is 5.13 Å². The maximum atomic E-state index is 11.5. The third-order valence-corrected chi connectivity index (χ3v) is 3.29. The van der Waals surface area contributed by atoms with E-state index in [2.05, 4.69) is 10.3 Å². The fraction of sp³-hybridized carbons (Fsp3) is 0.250.